The Balaban J connectivity index is 1.96. The molecule has 3 aromatic rings. The van der Waals surface area contributed by atoms with Crippen LogP contribution in [0.15, 0.2) is 47.1 Å². The third kappa shape index (κ3) is 3.46. The largest absolute Gasteiger partial charge is 0.481 e. The lowest BCUT2D eigenvalue weighted by Gasteiger charge is -2.11. The molecule has 0 aliphatic carbocycles. The minimum atomic E-state index is -1.19. The van der Waals surface area contributed by atoms with Crippen molar-refractivity contribution in [2.45, 2.75) is 12.3 Å². The normalized spacial score (nSPS) is 12.3. The SMILES string of the molecule is O=C(CC(C(=O)O)c1c[nH]c2cc(Br)ccc12)c1ccc(F)cc1F. The number of hydrogen-bond acceptors (Lipinski definition) is 2. The third-order valence-corrected chi connectivity index (χ3v) is 4.46. The van der Waals surface area contributed by atoms with Crippen molar-refractivity contribution in [1.82, 2.24) is 4.98 Å². The van der Waals surface area contributed by atoms with Gasteiger partial charge in [-0.05, 0) is 29.8 Å². The molecule has 1 aromatic heterocycles. The van der Waals surface area contributed by atoms with Crippen molar-refractivity contribution in [3.63, 3.8) is 0 Å². The molecule has 1 unspecified atom stereocenters. The van der Waals surface area contributed by atoms with E-state index >= 15 is 0 Å². The molecule has 3 rings (SSSR count). The first-order valence-corrected chi connectivity index (χ1v) is 8.13. The topological polar surface area (TPSA) is 70.2 Å². The zero-order chi connectivity index (χ0) is 18.1. The van der Waals surface area contributed by atoms with Gasteiger partial charge in [0.15, 0.2) is 5.78 Å². The summed E-state index contributed by atoms with van der Waals surface area (Å²) in [5.74, 6) is -4.84. The van der Waals surface area contributed by atoms with E-state index in [1.165, 1.54) is 6.20 Å². The highest BCUT2D eigenvalue weighted by Crippen LogP contribution is 2.31. The van der Waals surface area contributed by atoms with Crippen LogP contribution in [0.1, 0.15) is 28.3 Å². The van der Waals surface area contributed by atoms with Crippen molar-refractivity contribution in [3.05, 3.63) is 69.8 Å². The number of halogens is 3. The molecular weight excluding hydrogens is 396 g/mol. The Morgan fingerprint density at radius 2 is 1.92 bits per heavy atom. The summed E-state index contributed by atoms with van der Waals surface area (Å²) in [6.45, 7) is 0. The number of hydrogen-bond donors (Lipinski definition) is 2. The number of ketones is 1. The number of fused-ring (bicyclic) bond motifs is 1. The van der Waals surface area contributed by atoms with Gasteiger partial charge in [-0.1, -0.05) is 22.0 Å². The van der Waals surface area contributed by atoms with Gasteiger partial charge in [-0.25, -0.2) is 8.78 Å². The molecular formula is C18H12BrF2NO3. The van der Waals surface area contributed by atoms with Crippen LogP contribution >= 0.6 is 15.9 Å². The molecule has 0 fully saturated rings. The predicted octanol–water partition coefficient (Wildman–Crippen LogP) is 4.65. The Labute approximate surface area is 149 Å². The monoisotopic (exact) mass is 407 g/mol. The lowest BCUT2D eigenvalue weighted by Crippen LogP contribution is -2.17. The molecule has 0 radical (unpaired) electrons. The summed E-state index contributed by atoms with van der Waals surface area (Å²) in [4.78, 5) is 27.0. The molecule has 7 heteroatoms. The van der Waals surface area contributed by atoms with E-state index in [1.54, 1.807) is 18.2 Å². The average Bonchev–Trinajstić information content (AvgIpc) is 2.94. The molecule has 0 aliphatic heterocycles. The van der Waals surface area contributed by atoms with Crippen molar-refractivity contribution in [3.8, 4) is 0 Å². The number of carbonyl (C=O) groups excluding carboxylic acids is 1. The number of H-pyrrole nitrogens is 1. The summed E-state index contributed by atoms with van der Waals surface area (Å²) in [6, 6.07) is 7.89. The van der Waals surface area contributed by atoms with E-state index in [2.05, 4.69) is 20.9 Å². The van der Waals surface area contributed by atoms with Crippen molar-refractivity contribution in [2.24, 2.45) is 0 Å². The maximum Gasteiger partial charge on any atom is 0.311 e. The number of aromatic nitrogens is 1. The van der Waals surface area contributed by atoms with Crippen molar-refractivity contribution in [2.75, 3.05) is 0 Å². The second-order valence-electron chi connectivity index (χ2n) is 5.58. The van der Waals surface area contributed by atoms with E-state index in [0.717, 1.165) is 22.1 Å². The standard InChI is InChI=1S/C18H12BrF2NO3/c19-9-1-3-11-14(8-22-16(11)5-9)13(18(24)25)7-17(23)12-4-2-10(20)6-15(12)21/h1-6,8,13,22H,7H2,(H,24,25). The quantitative estimate of drug-likeness (QED) is 0.604. The van der Waals surface area contributed by atoms with Crippen LogP contribution in [0.5, 0.6) is 0 Å². The summed E-state index contributed by atoms with van der Waals surface area (Å²) in [5.41, 5.74) is 0.831. The number of benzene rings is 2. The average molecular weight is 408 g/mol. The third-order valence-electron chi connectivity index (χ3n) is 3.97. The van der Waals surface area contributed by atoms with E-state index in [4.69, 9.17) is 0 Å². The zero-order valence-electron chi connectivity index (χ0n) is 12.7. The van der Waals surface area contributed by atoms with Crippen LogP contribution in [0.25, 0.3) is 10.9 Å². The van der Waals surface area contributed by atoms with Crippen LogP contribution in [0.3, 0.4) is 0 Å². The summed E-state index contributed by atoms with van der Waals surface area (Å²) in [7, 11) is 0. The van der Waals surface area contributed by atoms with Crippen LogP contribution < -0.4 is 0 Å². The molecule has 0 aliphatic rings. The molecule has 2 N–H and O–H groups in total. The van der Waals surface area contributed by atoms with Crippen LogP contribution in [-0.4, -0.2) is 21.8 Å². The minimum Gasteiger partial charge on any atom is -0.481 e. The van der Waals surface area contributed by atoms with Crippen molar-refractivity contribution >= 4 is 38.6 Å². The van der Waals surface area contributed by atoms with Gasteiger partial charge < -0.3 is 10.1 Å². The van der Waals surface area contributed by atoms with Gasteiger partial charge in [0.2, 0.25) is 0 Å². The Kier molecular flexibility index (Phi) is 4.67. The van der Waals surface area contributed by atoms with Gasteiger partial charge >= 0.3 is 5.97 Å². The van der Waals surface area contributed by atoms with Crippen LogP contribution in [-0.2, 0) is 4.79 Å². The molecule has 2 aromatic carbocycles. The second kappa shape index (κ2) is 6.76. The number of aromatic amines is 1. The fourth-order valence-corrected chi connectivity index (χ4v) is 3.11. The number of carbonyl (C=O) groups is 2. The number of nitrogens with one attached hydrogen (secondary N) is 1. The van der Waals surface area contributed by atoms with E-state index in [9.17, 15) is 23.5 Å². The maximum atomic E-state index is 13.8. The first-order chi connectivity index (χ1) is 11.9. The Morgan fingerprint density at radius 1 is 1.16 bits per heavy atom. The van der Waals surface area contributed by atoms with E-state index < -0.39 is 35.7 Å². The molecule has 25 heavy (non-hydrogen) atoms. The second-order valence-corrected chi connectivity index (χ2v) is 6.49. The number of carboxylic acids is 1. The molecule has 128 valence electrons. The van der Waals surface area contributed by atoms with E-state index in [1.807, 2.05) is 0 Å². The lowest BCUT2D eigenvalue weighted by molar-refractivity contribution is -0.138. The molecule has 0 amide bonds. The Bertz CT molecular complexity index is 984. The van der Waals surface area contributed by atoms with Gasteiger partial charge in [0.25, 0.3) is 0 Å². The Morgan fingerprint density at radius 3 is 2.60 bits per heavy atom. The fraction of sp³-hybridized carbons (Fsp3) is 0.111. The number of aliphatic carboxylic acids is 1. The van der Waals surface area contributed by atoms with Gasteiger partial charge in [0.1, 0.15) is 11.6 Å². The molecule has 0 bridgehead atoms. The summed E-state index contributed by atoms with van der Waals surface area (Å²) >= 11 is 3.33. The van der Waals surface area contributed by atoms with Gasteiger partial charge in [0, 0.05) is 34.1 Å². The molecule has 1 heterocycles. The number of Topliss-reactive ketones (excluding diaryl/α,β-unsaturated/α-hetero) is 1. The minimum absolute atomic E-state index is 0.324. The summed E-state index contributed by atoms with van der Waals surface area (Å²) in [6.07, 6.45) is 1.10. The highest BCUT2D eigenvalue weighted by Gasteiger charge is 2.27. The van der Waals surface area contributed by atoms with Crippen LogP contribution in [0, 0.1) is 11.6 Å². The van der Waals surface area contributed by atoms with Gasteiger partial charge in [-0.15, -0.1) is 0 Å². The van der Waals surface area contributed by atoms with Crippen molar-refractivity contribution < 1.29 is 23.5 Å². The molecule has 1 atom stereocenters. The predicted molar refractivity (Wildman–Crippen MR) is 91.7 cm³/mol. The highest BCUT2D eigenvalue weighted by atomic mass is 79.9. The smallest absolute Gasteiger partial charge is 0.311 e. The summed E-state index contributed by atoms with van der Waals surface area (Å²) in [5, 5.41) is 10.2. The molecule has 0 saturated heterocycles. The number of rotatable bonds is 5. The molecule has 0 spiro atoms. The zero-order valence-corrected chi connectivity index (χ0v) is 14.3. The van der Waals surface area contributed by atoms with Crippen LogP contribution in [0.2, 0.25) is 0 Å². The molecule has 0 saturated carbocycles. The lowest BCUT2D eigenvalue weighted by atomic mass is 9.91. The van der Waals surface area contributed by atoms with Crippen molar-refractivity contribution in [1.29, 1.82) is 0 Å². The van der Waals surface area contributed by atoms with Gasteiger partial charge in [-0.2, -0.15) is 0 Å². The van der Waals surface area contributed by atoms with E-state index in [0.29, 0.717) is 17.0 Å². The van der Waals surface area contributed by atoms with Crippen LogP contribution in [0.4, 0.5) is 8.78 Å². The summed E-state index contributed by atoms with van der Waals surface area (Å²) < 4.78 is 27.6. The van der Waals surface area contributed by atoms with E-state index in [-0.39, 0.29) is 5.56 Å². The van der Waals surface area contributed by atoms with Gasteiger partial charge in [-0.3, -0.25) is 9.59 Å². The fourth-order valence-electron chi connectivity index (χ4n) is 2.75. The molecule has 4 nitrogen and oxygen atoms in total. The number of carboxylic acid groups (broad SMARTS) is 1. The van der Waals surface area contributed by atoms with Gasteiger partial charge in [0.05, 0.1) is 11.5 Å². The maximum absolute atomic E-state index is 13.8. The highest BCUT2D eigenvalue weighted by molar-refractivity contribution is 9.10. The Hall–Kier alpha value is -2.54. The first-order valence-electron chi connectivity index (χ1n) is 7.34. The first kappa shape index (κ1) is 17.3.